The van der Waals surface area contributed by atoms with Crippen LogP contribution in [0.5, 0.6) is 0 Å². The summed E-state index contributed by atoms with van der Waals surface area (Å²) in [6.45, 7) is 5.65. The smallest absolute Gasteiger partial charge is 0.325 e. The molecular weight excluding hydrogens is 218 g/mol. The Morgan fingerprint density at radius 3 is 2.41 bits per heavy atom. The number of likely N-dealkylation sites (N-methyl/N-ethyl adjacent to an activating group) is 1. The van der Waals surface area contributed by atoms with E-state index in [0.29, 0.717) is 0 Å². The lowest BCUT2D eigenvalue weighted by atomic mass is 9.95. The Morgan fingerprint density at radius 1 is 1.24 bits per heavy atom. The maximum Gasteiger partial charge on any atom is 0.325 e. The summed E-state index contributed by atoms with van der Waals surface area (Å²) in [4.78, 5) is 11.6. The molecular formula is C13H27NO3. The van der Waals surface area contributed by atoms with Gasteiger partial charge in [0.2, 0.25) is 0 Å². The highest BCUT2D eigenvalue weighted by Gasteiger charge is 2.31. The molecule has 1 unspecified atom stereocenters. The number of esters is 1. The average molecular weight is 245 g/mol. The van der Waals surface area contributed by atoms with Gasteiger partial charge >= 0.3 is 5.97 Å². The van der Waals surface area contributed by atoms with Crippen molar-refractivity contribution in [1.29, 1.82) is 0 Å². The number of carbonyl (C=O) groups excluding carboxylic acids is 1. The second-order valence-electron chi connectivity index (χ2n) is 4.50. The van der Waals surface area contributed by atoms with E-state index in [1.807, 2.05) is 6.92 Å². The molecule has 102 valence electrons. The third-order valence-electron chi connectivity index (χ3n) is 3.05. The molecule has 0 aliphatic heterocycles. The lowest BCUT2D eigenvalue weighted by molar-refractivity contribution is -0.148. The van der Waals surface area contributed by atoms with Gasteiger partial charge in [-0.1, -0.05) is 13.3 Å². The van der Waals surface area contributed by atoms with E-state index in [2.05, 4.69) is 12.2 Å². The zero-order valence-electron chi connectivity index (χ0n) is 11.7. The van der Waals surface area contributed by atoms with Crippen molar-refractivity contribution in [3.63, 3.8) is 0 Å². The lowest BCUT2D eigenvalue weighted by Crippen LogP contribution is -2.48. The van der Waals surface area contributed by atoms with Crippen molar-refractivity contribution in [1.82, 2.24) is 5.32 Å². The minimum atomic E-state index is -0.571. The maximum atomic E-state index is 11.6. The number of hydrogen-bond donors (Lipinski definition) is 1. The van der Waals surface area contributed by atoms with Crippen molar-refractivity contribution in [3.05, 3.63) is 0 Å². The first-order chi connectivity index (χ1) is 8.10. The predicted octanol–water partition coefficient (Wildman–Crippen LogP) is 2.12. The van der Waals surface area contributed by atoms with Crippen LogP contribution in [0.25, 0.3) is 0 Å². The van der Waals surface area contributed by atoms with Gasteiger partial charge in [0.25, 0.3) is 0 Å². The largest absolute Gasteiger partial charge is 0.468 e. The average Bonchev–Trinajstić information content (AvgIpc) is 2.36. The molecule has 0 bridgehead atoms. The summed E-state index contributed by atoms with van der Waals surface area (Å²) in [7, 11) is 3.21. The summed E-state index contributed by atoms with van der Waals surface area (Å²) in [5.41, 5.74) is -0.571. The molecule has 0 saturated carbocycles. The molecule has 0 spiro atoms. The first-order valence-electron chi connectivity index (χ1n) is 6.45. The third kappa shape index (κ3) is 6.64. The Hall–Kier alpha value is -0.610. The molecule has 1 atom stereocenters. The third-order valence-corrected chi connectivity index (χ3v) is 3.05. The summed E-state index contributed by atoms with van der Waals surface area (Å²) in [6.07, 6.45) is 5.00. The van der Waals surface area contributed by atoms with Gasteiger partial charge in [-0.05, 0) is 39.7 Å². The van der Waals surface area contributed by atoms with E-state index < -0.39 is 5.54 Å². The van der Waals surface area contributed by atoms with Crippen molar-refractivity contribution < 1.29 is 14.3 Å². The summed E-state index contributed by atoms with van der Waals surface area (Å²) in [5.74, 6) is -0.202. The fourth-order valence-corrected chi connectivity index (χ4v) is 1.59. The van der Waals surface area contributed by atoms with Gasteiger partial charge in [0, 0.05) is 13.2 Å². The number of methoxy groups -OCH3 is 1. The molecule has 0 rings (SSSR count). The second kappa shape index (κ2) is 9.42. The molecule has 0 aromatic carbocycles. The number of unbranched alkanes of at least 4 members (excludes halogenated alkanes) is 2. The lowest BCUT2D eigenvalue weighted by Gasteiger charge is -2.25. The van der Waals surface area contributed by atoms with Crippen LogP contribution in [0.4, 0.5) is 0 Å². The van der Waals surface area contributed by atoms with E-state index in [9.17, 15) is 4.79 Å². The predicted molar refractivity (Wildman–Crippen MR) is 69.1 cm³/mol. The quantitative estimate of drug-likeness (QED) is 0.473. The number of ether oxygens (including phenoxy) is 2. The van der Waals surface area contributed by atoms with Gasteiger partial charge in [-0.3, -0.25) is 4.79 Å². The van der Waals surface area contributed by atoms with E-state index >= 15 is 0 Å². The molecule has 4 heteroatoms. The van der Waals surface area contributed by atoms with E-state index in [1.165, 1.54) is 13.5 Å². The van der Waals surface area contributed by atoms with Crippen LogP contribution >= 0.6 is 0 Å². The van der Waals surface area contributed by atoms with Gasteiger partial charge in [0.15, 0.2) is 0 Å². The van der Waals surface area contributed by atoms with E-state index in [4.69, 9.17) is 9.47 Å². The molecule has 0 aliphatic carbocycles. The fraction of sp³-hybridized carbons (Fsp3) is 0.923. The molecule has 0 fully saturated rings. The van der Waals surface area contributed by atoms with Crippen LogP contribution < -0.4 is 5.32 Å². The van der Waals surface area contributed by atoms with Gasteiger partial charge in [0.05, 0.1) is 7.11 Å². The SMILES string of the molecule is CCCCOCCCCC(C)(NC)C(=O)OC. The van der Waals surface area contributed by atoms with Crippen LogP contribution in [0.2, 0.25) is 0 Å². The Kier molecular flexibility index (Phi) is 9.09. The highest BCUT2D eigenvalue weighted by molar-refractivity contribution is 5.80. The molecule has 0 aromatic heterocycles. The molecule has 17 heavy (non-hydrogen) atoms. The Balaban J connectivity index is 3.67. The van der Waals surface area contributed by atoms with Crippen molar-refractivity contribution in [2.24, 2.45) is 0 Å². The highest BCUT2D eigenvalue weighted by Crippen LogP contribution is 2.15. The van der Waals surface area contributed by atoms with Crippen molar-refractivity contribution in [3.8, 4) is 0 Å². The zero-order chi connectivity index (χ0) is 13.1. The number of carbonyl (C=O) groups is 1. The zero-order valence-corrected chi connectivity index (χ0v) is 11.7. The van der Waals surface area contributed by atoms with Crippen LogP contribution in [0.1, 0.15) is 46.0 Å². The van der Waals surface area contributed by atoms with E-state index in [-0.39, 0.29) is 5.97 Å². The van der Waals surface area contributed by atoms with Gasteiger partial charge in [-0.25, -0.2) is 0 Å². The van der Waals surface area contributed by atoms with E-state index in [1.54, 1.807) is 7.05 Å². The van der Waals surface area contributed by atoms with Crippen molar-refractivity contribution in [2.45, 2.75) is 51.5 Å². The minimum Gasteiger partial charge on any atom is -0.468 e. The van der Waals surface area contributed by atoms with Crippen molar-refractivity contribution >= 4 is 5.97 Å². The molecule has 4 nitrogen and oxygen atoms in total. The monoisotopic (exact) mass is 245 g/mol. The minimum absolute atomic E-state index is 0.202. The van der Waals surface area contributed by atoms with E-state index in [0.717, 1.165) is 38.9 Å². The summed E-state index contributed by atoms with van der Waals surface area (Å²) in [6, 6.07) is 0. The summed E-state index contributed by atoms with van der Waals surface area (Å²) >= 11 is 0. The molecule has 0 aromatic rings. The van der Waals surface area contributed by atoms with Crippen LogP contribution in [-0.4, -0.2) is 38.9 Å². The standard InChI is InChI=1S/C13H27NO3/c1-5-6-10-17-11-8-7-9-13(2,14-3)12(15)16-4/h14H,5-11H2,1-4H3. The Morgan fingerprint density at radius 2 is 1.88 bits per heavy atom. The van der Waals surface area contributed by atoms with Crippen molar-refractivity contribution in [2.75, 3.05) is 27.4 Å². The number of nitrogens with one attached hydrogen (secondary N) is 1. The Bertz CT molecular complexity index is 209. The molecule has 1 N–H and O–H groups in total. The first kappa shape index (κ1) is 16.4. The van der Waals surface area contributed by atoms with Gasteiger partial charge in [-0.15, -0.1) is 0 Å². The normalized spacial score (nSPS) is 14.4. The second-order valence-corrected chi connectivity index (χ2v) is 4.50. The molecule has 0 radical (unpaired) electrons. The van der Waals surface area contributed by atoms with Gasteiger partial charge in [-0.2, -0.15) is 0 Å². The Labute approximate surface area is 105 Å². The van der Waals surface area contributed by atoms with Gasteiger partial charge in [0.1, 0.15) is 5.54 Å². The number of rotatable bonds is 10. The molecule has 0 saturated heterocycles. The van der Waals surface area contributed by atoms with Crippen LogP contribution in [-0.2, 0) is 14.3 Å². The first-order valence-corrected chi connectivity index (χ1v) is 6.45. The highest BCUT2D eigenvalue weighted by atomic mass is 16.5. The van der Waals surface area contributed by atoms with Gasteiger partial charge < -0.3 is 14.8 Å². The maximum absolute atomic E-state index is 11.6. The van der Waals surface area contributed by atoms with Crippen LogP contribution in [0, 0.1) is 0 Å². The van der Waals surface area contributed by atoms with Crippen LogP contribution in [0.15, 0.2) is 0 Å². The molecule has 0 aliphatic rings. The topological polar surface area (TPSA) is 47.6 Å². The van der Waals surface area contributed by atoms with Crippen LogP contribution in [0.3, 0.4) is 0 Å². The molecule has 0 amide bonds. The number of hydrogen-bond acceptors (Lipinski definition) is 4. The fourth-order valence-electron chi connectivity index (χ4n) is 1.59. The molecule has 0 heterocycles. The summed E-state index contributed by atoms with van der Waals surface area (Å²) < 4.78 is 10.3. The summed E-state index contributed by atoms with van der Waals surface area (Å²) in [5, 5.41) is 3.02.